The summed E-state index contributed by atoms with van der Waals surface area (Å²) in [7, 11) is 0. The molecule has 3 aliphatic carbocycles. The van der Waals surface area contributed by atoms with Crippen LogP contribution in [0.4, 0.5) is 5.95 Å². The van der Waals surface area contributed by atoms with Gasteiger partial charge in [0.15, 0.2) is 0 Å². The predicted octanol–water partition coefficient (Wildman–Crippen LogP) is 5.70. The summed E-state index contributed by atoms with van der Waals surface area (Å²) < 4.78 is 0. The average Bonchev–Trinajstić information content (AvgIpc) is 3.28. The molecule has 4 heteroatoms. The lowest BCUT2D eigenvalue weighted by Gasteiger charge is -2.50. The molecule has 1 heterocycles. The largest absolute Gasteiger partial charge is 0.324 e. The number of hydrogen-bond donors (Lipinski definition) is 2. The Bertz CT molecular complexity index is 1250. The zero-order chi connectivity index (χ0) is 21.0. The van der Waals surface area contributed by atoms with Crippen molar-refractivity contribution in [2.45, 2.75) is 25.2 Å². The number of anilines is 1. The minimum absolute atomic E-state index is 0.0143. The van der Waals surface area contributed by atoms with Crippen LogP contribution in [0.25, 0.3) is 11.3 Å². The van der Waals surface area contributed by atoms with Crippen LogP contribution < -0.4 is 5.32 Å². The standard InChI is InChI=1S/C27H23N3O/c1-27(25(31)30-26-28-16-23(29-26)17-9-3-2-4-10-17)15-22-18-11-5-7-13-20(18)24(27)21-14-8-6-12-19(21)22/h2-14,16,22,24H,15H2,1H3,(H2,28,29,30,31). The highest BCUT2D eigenvalue weighted by molar-refractivity contribution is 5.96. The molecule has 3 aromatic carbocycles. The minimum Gasteiger partial charge on any atom is -0.324 e. The summed E-state index contributed by atoms with van der Waals surface area (Å²) in [5, 5.41) is 3.08. The van der Waals surface area contributed by atoms with Crippen LogP contribution >= 0.6 is 0 Å². The van der Waals surface area contributed by atoms with Crippen LogP contribution in [-0.4, -0.2) is 15.9 Å². The summed E-state index contributed by atoms with van der Waals surface area (Å²) in [6, 6.07) is 27.2. The molecular formula is C27H23N3O. The van der Waals surface area contributed by atoms with Crippen LogP contribution in [0.15, 0.2) is 85.1 Å². The Hall–Kier alpha value is -3.66. The molecule has 2 N–H and O–H groups in total. The number of carbonyl (C=O) groups excluding carboxylic acids is 1. The van der Waals surface area contributed by atoms with Gasteiger partial charge in [-0.05, 0) is 41.2 Å². The molecule has 7 rings (SSSR count). The molecule has 152 valence electrons. The number of nitrogens with one attached hydrogen (secondary N) is 2. The molecule has 3 aliphatic rings. The topological polar surface area (TPSA) is 57.8 Å². The quantitative estimate of drug-likeness (QED) is 0.459. The first-order chi connectivity index (χ1) is 15.1. The maximum absolute atomic E-state index is 13.7. The van der Waals surface area contributed by atoms with Crippen molar-refractivity contribution >= 4 is 11.9 Å². The van der Waals surface area contributed by atoms with E-state index in [4.69, 9.17) is 0 Å². The van der Waals surface area contributed by atoms with E-state index in [1.807, 2.05) is 30.3 Å². The van der Waals surface area contributed by atoms with Gasteiger partial charge in [-0.15, -0.1) is 0 Å². The summed E-state index contributed by atoms with van der Waals surface area (Å²) in [6.45, 7) is 2.10. The number of rotatable bonds is 3. The van der Waals surface area contributed by atoms with E-state index in [2.05, 4.69) is 70.7 Å². The highest BCUT2D eigenvalue weighted by Crippen LogP contribution is 2.61. The fourth-order valence-electron chi connectivity index (χ4n) is 5.59. The van der Waals surface area contributed by atoms with E-state index in [-0.39, 0.29) is 17.7 Å². The Kier molecular flexibility index (Phi) is 3.90. The first kappa shape index (κ1) is 18.1. The molecule has 31 heavy (non-hydrogen) atoms. The van der Waals surface area contributed by atoms with Crippen molar-refractivity contribution in [1.82, 2.24) is 9.97 Å². The van der Waals surface area contributed by atoms with Crippen LogP contribution in [0.2, 0.25) is 0 Å². The van der Waals surface area contributed by atoms with E-state index >= 15 is 0 Å². The summed E-state index contributed by atoms with van der Waals surface area (Å²) in [5.74, 6) is 0.784. The van der Waals surface area contributed by atoms with Crippen molar-refractivity contribution in [3.8, 4) is 11.3 Å². The molecule has 0 aliphatic heterocycles. The van der Waals surface area contributed by atoms with Gasteiger partial charge in [0.25, 0.3) is 0 Å². The average molecular weight is 406 g/mol. The molecule has 1 unspecified atom stereocenters. The fraction of sp³-hybridized carbons (Fsp3) is 0.185. The number of H-pyrrole nitrogens is 1. The molecular weight excluding hydrogens is 382 g/mol. The van der Waals surface area contributed by atoms with Gasteiger partial charge in [0.2, 0.25) is 11.9 Å². The van der Waals surface area contributed by atoms with E-state index in [9.17, 15) is 4.79 Å². The summed E-state index contributed by atoms with van der Waals surface area (Å²) >= 11 is 0. The van der Waals surface area contributed by atoms with Crippen molar-refractivity contribution in [2.75, 3.05) is 5.32 Å². The maximum Gasteiger partial charge on any atom is 0.233 e. The van der Waals surface area contributed by atoms with Gasteiger partial charge in [-0.1, -0.05) is 78.9 Å². The Morgan fingerprint density at radius 2 is 1.48 bits per heavy atom. The third-order valence-electron chi connectivity index (χ3n) is 7.04. The van der Waals surface area contributed by atoms with E-state index in [1.54, 1.807) is 6.20 Å². The first-order valence-corrected chi connectivity index (χ1v) is 10.7. The number of aromatic nitrogens is 2. The third-order valence-corrected chi connectivity index (χ3v) is 7.04. The van der Waals surface area contributed by atoms with Gasteiger partial charge in [0, 0.05) is 11.8 Å². The molecule has 0 spiro atoms. The lowest BCUT2D eigenvalue weighted by molar-refractivity contribution is -0.126. The van der Waals surface area contributed by atoms with Gasteiger partial charge in [0.05, 0.1) is 17.3 Å². The van der Waals surface area contributed by atoms with E-state index in [1.165, 1.54) is 22.3 Å². The van der Waals surface area contributed by atoms with Crippen LogP contribution in [0.1, 0.15) is 47.4 Å². The number of aromatic amines is 1. The molecule has 4 aromatic rings. The molecule has 2 bridgehead atoms. The number of carbonyl (C=O) groups is 1. The molecule has 1 amide bonds. The Labute approximate surface area is 181 Å². The monoisotopic (exact) mass is 405 g/mol. The van der Waals surface area contributed by atoms with Crippen LogP contribution in [0.5, 0.6) is 0 Å². The smallest absolute Gasteiger partial charge is 0.233 e. The van der Waals surface area contributed by atoms with Crippen molar-refractivity contribution < 1.29 is 4.79 Å². The number of amides is 1. The number of nitrogens with zero attached hydrogens (tertiary/aromatic N) is 1. The fourth-order valence-corrected chi connectivity index (χ4v) is 5.59. The second-order valence-corrected chi connectivity index (χ2v) is 8.83. The lowest BCUT2D eigenvalue weighted by atomic mass is 9.52. The summed E-state index contributed by atoms with van der Waals surface area (Å²) in [6.07, 6.45) is 2.56. The van der Waals surface area contributed by atoms with Gasteiger partial charge in [-0.25, -0.2) is 4.98 Å². The van der Waals surface area contributed by atoms with Crippen molar-refractivity contribution in [2.24, 2.45) is 5.41 Å². The van der Waals surface area contributed by atoms with Gasteiger partial charge in [-0.3, -0.25) is 10.1 Å². The first-order valence-electron chi connectivity index (χ1n) is 10.7. The van der Waals surface area contributed by atoms with E-state index in [0.717, 1.165) is 17.7 Å². The van der Waals surface area contributed by atoms with Crippen LogP contribution in [-0.2, 0) is 4.79 Å². The second-order valence-electron chi connectivity index (χ2n) is 8.83. The number of hydrogen-bond acceptors (Lipinski definition) is 2. The Balaban J connectivity index is 1.36. The molecule has 0 saturated heterocycles. The normalized spacial score (nSPS) is 23.1. The Morgan fingerprint density at radius 3 is 2.13 bits per heavy atom. The van der Waals surface area contributed by atoms with Gasteiger partial charge in [-0.2, -0.15) is 0 Å². The molecule has 0 saturated carbocycles. The van der Waals surface area contributed by atoms with Gasteiger partial charge >= 0.3 is 0 Å². The molecule has 4 nitrogen and oxygen atoms in total. The SMILES string of the molecule is CC1(C(=O)Nc2ncc(-c3ccccc3)[nH]2)CC2c3ccccc3C1c1ccccc12. The number of benzene rings is 3. The number of imidazole rings is 1. The highest BCUT2D eigenvalue weighted by atomic mass is 16.2. The predicted molar refractivity (Wildman–Crippen MR) is 122 cm³/mol. The van der Waals surface area contributed by atoms with Crippen molar-refractivity contribution in [3.05, 3.63) is 107 Å². The summed E-state index contributed by atoms with van der Waals surface area (Å²) in [4.78, 5) is 21.4. The third kappa shape index (κ3) is 2.68. The zero-order valence-corrected chi connectivity index (χ0v) is 17.3. The Morgan fingerprint density at radius 1 is 0.903 bits per heavy atom. The number of fused-ring (bicyclic) bond motifs is 1. The molecule has 1 aromatic heterocycles. The zero-order valence-electron chi connectivity index (χ0n) is 17.3. The van der Waals surface area contributed by atoms with Crippen molar-refractivity contribution in [3.63, 3.8) is 0 Å². The van der Waals surface area contributed by atoms with E-state index < -0.39 is 5.41 Å². The highest BCUT2D eigenvalue weighted by Gasteiger charge is 2.53. The molecule has 1 atom stereocenters. The van der Waals surface area contributed by atoms with Gasteiger partial charge < -0.3 is 4.98 Å². The van der Waals surface area contributed by atoms with Gasteiger partial charge in [0.1, 0.15) is 0 Å². The van der Waals surface area contributed by atoms with Crippen LogP contribution in [0.3, 0.4) is 0 Å². The maximum atomic E-state index is 13.7. The second kappa shape index (κ2) is 6.67. The van der Waals surface area contributed by atoms with E-state index in [0.29, 0.717) is 5.95 Å². The van der Waals surface area contributed by atoms with Crippen molar-refractivity contribution in [1.29, 1.82) is 0 Å². The van der Waals surface area contributed by atoms with Crippen LogP contribution in [0, 0.1) is 5.41 Å². The molecule has 0 radical (unpaired) electrons. The lowest BCUT2D eigenvalue weighted by Crippen LogP contribution is -2.47. The summed E-state index contributed by atoms with van der Waals surface area (Å²) in [5.41, 5.74) is 6.66. The molecule has 0 fully saturated rings. The minimum atomic E-state index is -0.549.